The van der Waals surface area contributed by atoms with Gasteiger partial charge in [0.05, 0.1) is 14.2 Å². The van der Waals surface area contributed by atoms with Gasteiger partial charge in [0.15, 0.2) is 11.5 Å². The quantitative estimate of drug-likeness (QED) is 0.665. The summed E-state index contributed by atoms with van der Waals surface area (Å²) in [6.45, 7) is 3.79. The number of carbonyl (C=O) groups excluding carboxylic acids is 3. The number of nitrogens with zero attached hydrogens (tertiary/aromatic N) is 1. The van der Waals surface area contributed by atoms with Gasteiger partial charge >= 0.3 is 6.03 Å². The van der Waals surface area contributed by atoms with E-state index >= 15 is 0 Å². The van der Waals surface area contributed by atoms with Gasteiger partial charge in [-0.05, 0) is 50.3 Å². The predicted molar refractivity (Wildman–Crippen MR) is 111 cm³/mol. The van der Waals surface area contributed by atoms with E-state index < -0.39 is 23.5 Å². The van der Waals surface area contributed by atoms with Crippen LogP contribution >= 0.6 is 0 Å². The SMILES string of the molecule is COc1ccc([C@]2(C)NC(=O)N([C@H](C)C(=O)NCC3CCCCC3)C2=O)cc1OC. The summed E-state index contributed by atoms with van der Waals surface area (Å²) in [5, 5.41) is 5.66. The molecule has 1 aliphatic heterocycles. The van der Waals surface area contributed by atoms with E-state index in [-0.39, 0.29) is 5.91 Å². The van der Waals surface area contributed by atoms with Crippen molar-refractivity contribution in [1.29, 1.82) is 0 Å². The van der Waals surface area contributed by atoms with E-state index in [1.807, 2.05) is 0 Å². The minimum Gasteiger partial charge on any atom is -0.493 e. The Hall–Kier alpha value is -2.77. The van der Waals surface area contributed by atoms with Gasteiger partial charge in [-0.25, -0.2) is 9.69 Å². The Morgan fingerprint density at radius 2 is 1.87 bits per heavy atom. The lowest BCUT2D eigenvalue weighted by atomic mass is 9.89. The maximum atomic E-state index is 13.2. The highest BCUT2D eigenvalue weighted by atomic mass is 16.5. The lowest BCUT2D eigenvalue weighted by Crippen LogP contribution is -2.50. The van der Waals surface area contributed by atoms with Crippen molar-refractivity contribution in [1.82, 2.24) is 15.5 Å². The average Bonchev–Trinajstić information content (AvgIpc) is 3.00. The summed E-state index contributed by atoms with van der Waals surface area (Å²) in [5.41, 5.74) is -0.745. The predicted octanol–water partition coefficient (Wildman–Crippen LogP) is 2.56. The van der Waals surface area contributed by atoms with E-state index in [1.165, 1.54) is 33.5 Å². The Kier molecular flexibility index (Phi) is 6.53. The molecule has 2 aliphatic rings. The molecule has 164 valence electrons. The first kappa shape index (κ1) is 21.9. The first-order valence-corrected chi connectivity index (χ1v) is 10.5. The third-order valence-corrected chi connectivity index (χ3v) is 6.24. The van der Waals surface area contributed by atoms with Crippen LogP contribution in [0.3, 0.4) is 0 Å². The van der Waals surface area contributed by atoms with Gasteiger partial charge in [-0.1, -0.05) is 25.3 Å². The number of methoxy groups -OCH3 is 2. The molecule has 0 radical (unpaired) electrons. The number of imide groups is 1. The van der Waals surface area contributed by atoms with Crippen LogP contribution < -0.4 is 20.1 Å². The Labute approximate surface area is 177 Å². The average molecular weight is 418 g/mol. The van der Waals surface area contributed by atoms with Crippen LogP contribution in [0.1, 0.15) is 51.5 Å². The van der Waals surface area contributed by atoms with Crippen LogP contribution in [-0.4, -0.2) is 49.6 Å². The second kappa shape index (κ2) is 8.93. The zero-order valence-electron chi connectivity index (χ0n) is 18.1. The fourth-order valence-electron chi connectivity index (χ4n) is 4.26. The lowest BCUT2D eigenvalue weighted by molar-refractivity contribution is -0.137. The minimum atomic E-state index is -1.30. The Morgan fingerprint density at radius 1 is 1.20 bits per heavy atom. The molecule has 1 saturated heterocycles. The summed E-state index contributed by atoms with van der Waals surface area (Å²) in [4.78, 5) is 39.6. The molecule has 2 N–H and O–H groups in total. The fraction of sp³-hybridized carbons (Fsp3) is 0.591. The molecule has 2 atom stereocenters. The Balaban J connectivity index is 1.73. The molecule has 0 aromatic heterocycles. The summed E-state index contributed by atoms with van der Waals surface area (Å²) in [7, 11) is 3.03. The number of ether oxygens (including phenoxy) is 2. The molecule has 8 nitrogen and oxygen atoms in total. The summed E-state index contributed by atoms with van der Waals surface area (Å²) in [6.07, 6.45) is 5.84. The summed E-state index contributed by atoms with van der Waals surface area (Å²) in [5.74, 6) is 0.652. The smallest absolute Gasteiger partial charge is 0.326 e. The molecular weight excluding hydrogens is 386 g/mol. The molecule has 0 bridgehead atoms. The van der Waals surface area contributed by atoms with E-state index in [0.717, 1.165) is 17.7 Å². The monoisotopic (exact) mass is 417 g/mol. The van der Waals surface area contributed by atoms with Crippen LogP contribution in [-0.2, 0) is 15.1 Å². The van der Waals surface area contributed by atoms with E-state index in [1.54, 1.807) is 32.0 Å². The molecule has 4 amide bonds. The topological polar surface area (TPSA) is 97.0 Å². The number of hydrogen-bond donors (Lipinski definition) is 2. The summed E-state index contributed by atoms with van der Waals surface area (Å²) < 4.78 is 10.6. The number of amides is 4. The maximum Gasteiger partial charge on any atom is 0.326 e. The highest BCUT2D eigenvalue weighted by molar-refractivity contribution is 6.10. The van der Waals surface area contributed by atoms with Gasteiger partial charge in [0.1, 0.15) is 11.6 Å². The second-order valence-electron chi connectivity index (χ2n) is 8.23. The van der Waals surface area contributed by atoms with Crippen LogP contribution in [0.5, 0.6) is 11.5 Å². The van der Waals surface area contributed by atoms with E-state index in [9.17, 15) is 14.4 Å². The number of hydrogen-bond acceptors (Lipinski definition) is 5. The third kappa shape index (κ3) is 4.08. The van der Waals surface area contributed by atoms with Crippen LogP contribution in [0.2, 0.25) is 0 Å². The van der Waals surface area contributed by atoms with Crippen molar-refractivity contribution in [3.63, 3.8) is 0 Å². The van der Waals surface area contributed by atoms with Gasteiger partial charge in [-0.2, -0.15) is 0 Å². The zero-order chi connectivity index (χ0) is 21.9. The van der Waals surface area contributed by atoms with Crippen molar-refractivity contribution in [2.75, 3.05) is 20.8 Å². The van der Waals surface area contributed by atoms with Gasteiger partial charge in [0.25, 0.3) is 5.91 Å². The highest BCUT2D eigenvalue weighted by Crippen LogP contribution is 2.36. The van der Waals surface area contributed by atoms with Crippen LogP contribution in [0.4, 0.5) is 4.79 Å². The minimum absolute atomic E-state index is 0.319. The van der Waals surface area contributed by atoms with Crippen molar-refractivity contribution in [3.05, 3.63) is 23.8 Å². The van der Waals surface area contributed by atoms with Crippen molar-refractivity contribution < 1.29 is 23.9 Å². The first-order chi connectivity index (χ1) is 14.3. The van der Waals surface area contributed by atoms with Gasteiger partial charge in [-0.15, -0.1) is 0 Å². The molecule has 0 spiro atoms. The molecule has 3 rings (SSSR count). The third-order valence-electron chi connectivity index (χ3n) is 6.24. The van der Waals surface area contributed by atoms with Gasteiger partial charge in [-0.3, -0.25) is 9.59 Å². The van der Waals surface area contributed by atoms with Crippen molar-refractivity contribution in [3.8, 4) is 11.5 Å². The molecule has 30 heavy (non-hydrogen) atoms. The van der Waals surface area contributed by atoms with E-state index in [2.05, 4.69) is 10.6 Å². The Bertz CT molecular complexity index is 821. The van der Waals surface area contributed by atoms with Crippen molar-refractivity contribution >= 4 is 17.8 Å². The Morgan fingerprint density at radius 3 is 2.50 bits per heavy atom. The van der Waals surface area contributed by atoms with Gasteiger partial charge in [0, 0.05) is 6.54 Å². The number of carbonyl (C=O) groups is 3. The van der Waals surface area contributed by atoms with Crippen LogP contribution in [0.25, 0.3) is 0 Å². The van der Waals surface area contributed by atoms with Crippen molar-refractivity contribution in [2.24, 2.45) is 5.92 Å². The molecule has 1 aliphatic carbocycles. The van der Waals surface area contributed by atoms with E-state index in [4.69, 9.17) is 9.47 Å². The number of nitrogens with one attached hydrogen (secondary N) is 2. The van der Waals surface area contributed by atoms with Crippen LogP contribution in [0, 0.1) is 5.92 Å². The van der Waals surface area contributed by atoms with Gasteiger partial charge < -0.3 is 20.1 Å². The summed E-state index contributed by atoms with van der Waals surface area (Å²) in [6, 6.07) is 3.56. The molecule has 1 saturated carbocycles. The van der Waals surface area contributed by atoms with Crippen molar-refractivity contribution in [2.45, 2.75) is 57.5 Å². The molecule has 1 heterocycles. The highest BCUT2D eigenvalue weighted by Gasteiger charge is 2.52. The second-order valence-corrected chi connectivity index (χ2v) is 8.23. The molecule has 1 aromatic carbocycles. The standard InChI is InChI=1S/C22H31N3O5/c1-14(19(26)23-13-15-8-6-5-7-9-15)25-20(27)22(2,24-21(25)28)16-10-11-17(29-3)18(12-16)30-4/h10-12,14-15H,5-9,13H2,1-4H3,(H,23,26)(H,24,28)/t14-,22+/m1/s1. The zero-order valence-corrected chi connectivity index (χ0v) is 18.1. The molecule has 8 heteroatoms. The van der Waals surface area contributed by atoms with E-state index in [0.29, 0.717) is 29.5 Å². The maximum absolute atomic E-state index is 13.2. The largest absolute Gasteiger partial charge is 0.493 e. The molecule has 2 fully saturated rings. The lowest BCUT2D eigenvalue weighted by Gasteiger charge is -2.26. The summed E-state index contributed by atoms with van der Waals surface area (Å²) >= 11 is 0. The molecule has 0 unspecified atom stereocenters. The number of rotatable bonds is 7. The molecule has 1 aromatic rings. The number of urea groups is 1. The fourth-order valence-corrected chi connectivity index (χ4v) is 4.26. The van der Waals surface area contributed by atoms with Crippen LogP contribution in [0.15, 0.2) is 18.2 Å². The first-order valence-electron chi connectivity index (χ1n) is 10.5. The molecular formula is C22H31N3O5. The van der Waals surface area contributed by atoms with Gasteiger partial charge in [0.2, 0.25) is 5.91 Å². The number of benzene rings is 1. The normalized spacial score (nSPS) is 23.1.